The monoisotopic (exact) mass is 372 g/mol. The average molecular weight is 372 g/mol. The summed E-state index contributed by atoms with van der Waals surface area (Å²) in [6.45, 7) is 5.90. The number of nitrogens with zero attached hydrogens (tertiary/aromatic N) is 2. The maximum atomic E-state index is 11.7. The molecule has 0 saturated heterocycles. The highest BCUT2D eigenvalue weighted by atomic mass is 32.2. The molecule has 0 aliphatic rings. The number of sulfonamides is 1. The second kappa shape index (κ2) is 6.80. The topological polar surface area (TPSA) is 97.0 Å². The summed E-state index contributed by atoms with van der Waals surface area (Å²) < 4.78 is 31.9. The van der Waals surface area contributed by atoms with E-state index in [0.717, 1.165) is 28.5 Å². The van der Waals surface area contributed by atoms with Crippen LogP contribution < -0.4 is 9.46 Å². The molecule has 0 fully saturated rings. The molecule has 0 saturated carbocycles. The normalized spacial score (nSPS) is 11.4. The molecule has 0 unspecified atom stereocenters. The molecule has 1 aromatic carbocycles. The first-order valence-corrected chi connectivity index (χ1v) is 9.86. The van der Waals surface area contributed by atoms with Gasteiger partial charge in [-0.05, 0) is 44.0 Å². The second-order valence-electron chi connectivity index (χ2n) is 6.24. The third kappa shape index (κ3) is 4.02. The molecule has 3 aromatic rings. The molecular weight excluding hydrogens is 352 g/mol. The molecule has 8 heteroatoms. The summed E-state index contributed by atoms with van der Waals surface area (Å²) in [6, 6.07) is 7.35. The van der Waals surface area contributed by atoms with Crippen LogP contribution in [-0.4, -0.2) is 29.9 Å². The summed E-state index contributed by atoms with van der Waals surface area (Å²) in [6.07, 6.45) is 4.43. The van der Waals surface area contributed by atoms with Crippen LogP contribution in [0, 0.1) is 20.8 Å². The number of benzene rings is 1. The van der Waals surface area contributed by atoms with Crippen LogP contribution in [0.3, 0.4) is 0 Å². The zero-order valence-electron chi connectivity index (χ0n) is 15.0. The van der Waals surface area contributed by atoms with E-state index in [0.29, 0.717) is 11.4 Å². The van der Waals surface area contributed by atoms with Crippen LogP contribution in [0.2, 0.25) is 0 Å². The molecule has 0 atom stereocenters. The van der Waals surface area contributed by atoms with Gasteiger partial charge in [-0.3, -0.25) is 9.82 Å². The summed E-state index contributed by atoms with van der Waals surface area (Å²) in [7, 11) is -3.47. The molecule has 0 amide bonds. The minimum absolute atomic E-state index is 0.184. The van der Waals surface area contributed by atoms with Crippen molar-refractivity contribution in [1.82, 2.24) is 15.2 Å². The lowest BCUT2D eigenvalue weighted by molar-refractivity contribution is 0.459. The van der Waals surface area contributed by atoms with E-state index in [4.69, 9.17) is 4.74 Å². The fourth-order valence-corrected chi connectivity index (χ4v) is 3.33. The Kier molecular flexibility index (Phi) is 4.69. The standard InChI is InChI=1S/C18H20N4O3S/c1-11-7-12(2)17(13(3)8-11)25-18-16(22-26(4,23)24)6-5-15(21-18)14-9-19-20-10-14/h5-10,22H,1-4H3,(H,19,20). The van der Waals surface area contributed by atoms with Gasteiger partial charge in [0.25, 0.3) is 0 Å². The van der Waals surface area contributed by atoms with Gasteiger partial charge in [-0.2, -0.15) is 5.10 Å². The number of ether oxygens (including phenoxy) is 1. The third-order valence-electron chi connectivity index (χ3n) is 3.75. The molecule has 2 N–H and O–H groups in total. The highest BCUT2D eigenvalue weighted by Crippen LogP contribution is 2.34. The largest absolute Gasteiger partial charge is 0.436 e. The van der Waals surface area contributed by atoms with Crippen molar-refractivity contribution in [3.05, 3.63) is 53.3 Å². The van der Waals surface area contributed by atoms with Gasteiger partial charge in [0.1, 0.15) is 11.4 Å². The quantitative estimate of drug-likeness (QED) is 0.714. The van der Waals surface area contributed by atoms with Crippen molar-refractivity contribution in [2.24, 2.45) is 0 Å². The summed E-state index contributed by atoms with van der Waals surface area (Å²) >= 11 is 0. The maximum Gasteiger partial charge on any atom is 0.244 e. The highest BCUT2D eigenvalue weighted by molar-refractivity contribution is 7.92. The summed E-state index contributed by atoms with van der Waals surface area (Å²) in [5.41, 5.74) is 4.70. The van der Waals surface area contributed by atoms with Gasteiger partial charge < -0.3 is 4.74 Å². The lowest BCUT2D eigenvalue weighted by atomic mass is 10.1. The fraction of sp³-hybridized carbons (Fsp3) is 0.222. The Labute approximate surface area is 152 Å². The molecule has 0 radical (unpaired) electrons. The molecule has 136 valence electrons. The highest BCUT2D eigenvalue weighted by Gasteiger charge is 2.16. The SMILES string of the molecule is Cc1cc(C)c(Oc2nc(-c3cn[nH]c3)ccc2NS(C)(=O)=O)c(C)c1. The average Bonchev–Trinajstić information content (AvgIpc) is 3.05. The van der Waals surface area contributed by atoms with Gasteiger partial charge in [0.05, 0.1) is 18.1 Å². The zero-order chi connectivity index (χ0) is 18.9. The first kappa shape index (κ1) is 17.9. The Bertz CT molecular complexity index is 1020. The van der Waals surface area contributed by atoms with E-state index in [1.165, 1.54) is 0 Å². The third-order valence-corrected chi connectivity index (χ3v) is 4.34. The van der Waals surface area contributed by atoms with Crippen LogP contribution in [0.15, 0.2) is 36.7 Å². The van der Waals surface area contributed by atoms with Crippen LogP contribution in [0.25, 0.3) is 11.3 Å². The Morgan fingerprint density at radius 2 is 1.81 bits per heavy atom. The van der Waals surface area contributed by atoms with Crippen LogP contribution in [0.5, 0.6) is 11.6 Å². The van der Waals surface area contributed by atoms with Gasteiger partial charge in [0.15, 0.2) is 0 Å². The van der Waals surface area contributed by atoms with E-state index in [9.17, 15) is 8.42 Å². The number of H-pyrrole nitrogens is 1. The van der Waals surface area contributed by atoms with Crippen LogP contribution >= 0.6 is 0 Å². The number of hydrogen-bond acceptors (Lipinski definition) is 5. The molecule has 0 aliphatic heterocycles. The summed E-state index contributed by atoms with van der Waals surface area (Å²) in [5, 5.41) is 6.65. The molecule has 3 rings (SSSR count). The Hall–Kier alpha value is -2.87. The van der Waals surface area contributed by atoms with Crippen molar-refractivity contribution in [1.29, 1.82) is 0 Å². The number of rotatable bonds is 5. The molecular formula is C18H20N4O3S. The van der Waals surface area contributed by atoms with Crippen molar-refractivity contribution in [2.45, 2.75) is 20.8 Å². The number of hydrogen-bond donors (Lipinski definition) is 2. The molecule has 26 heavy (non-hydrogen) atoms. The minimum atomic E-state index is -3.47. The molecule has 0 spiro atoms. The second-order valence-corrected chi connectivity index (χ2v) is 7.99. The van der Waals surface area contributed by atoms with Gasteiger partial charge in [-0.1, -0.05) is 17.7 Å². The number of anilines is 1. The van der Waals surface area contributed by atoms with E-state index < -0.39 is 10.0 Å². The van der Waals surface area contributed by atoms with Gasteiger partial charge in [-0.15, -0.1) is 0 Å². The number of aromatic nitrogens is 3. The number of pyridine rings is 1. The molecule has 0 aliphatic carbocycles. The van der Waals surface area contributed by atoms with Crippen molar-refractivity contribution in [3.8, 4) is 22.9 Å². The number of nitrogens with one attached hydrogen (secondary N) is 2. The minimum Gasteiger partial charge on any atom is -0.436 e. The Morgan fingerprint density at radius 3 is 2.38 bits per heavy atom. The summed E-state index contributed by atoms with van der Waals surface area (Å²) in [5.74, 6) is 0.841. The van der Waals surface area contributed by atoms with Crippen LogP contribution in [-0.2, 0) is 10.0 Å². The smallest absolute Gasteiger partial charge is 0.244 e. The lowest BCUT2D eigenvalue weighted by Crippen LogP contribution is -2.11. The van der Waals surface area contributed by atoms with Gasteiger partial charge >= 0.3 is 0 Å². The lowest BCUT2D eigenvalue weighted by Gasteiger charge is -2.16. The van der Waals surface area contributed by atoms with Crippen molar-refractivity contribution in [3.63, 3.8) is 0 Å². The van der Waals surface area contributed by atoms with Crippen molar-refractivity contribution >= 4 is 15.7 Å². The van der Waals surface area contributed by atoms with E-state index in [1.807, 2.05) is 32.9 Å². The van der Waals surface area contributed by atoms with E-state index in [-0.39, 0.29) is 11.6 Å². The van der Waals surface area contributed by atoms with E-state index >= 15 is 0 Å². The maximum absolute atomic E-state index is 11.7. The fourth-order valence-electron chi connectivity index (χ4n) is 2.77. The first-order valence-electron chi connectivity index (χ1n) is 7.96. The molecule has 2 aromatic heterocycles. The molecule has 2 heterocycles. The van der Waals surface area contributed by atoms with Gasteiger partial charge in [0, 0.05) is 11.8 Å². The van der Waals surface area contributed by atoms with Crippen molar-refractivity contribution in [2.75, 3.05) is 11.0 Å². The zero-order valence-corrected chi connectivity index (χ0v) is 15.8. The van der Waals surface area contributed by atoms with Crippen LogP contribution in [0.1, 0.15) is 16.7 Å². The van der Waals surface area contributed by atoms with Gasteiger partial charge in [-0.25, -0.2) is 13.4 Å². The Morgan fingerprint density at radius 1 is 1.12 bits per heavy atom. The van der Waals surface area contributed by atoms with Crippen LogP contribution in [0.4, 0.5) is 5.69 Å². The van der Waals surface area contributed by atoms with E-state index in [1.54, 1.807) is 24.5 Å². The molecule has 7 nitrogen and oxygen atoms in total. The number of aryl methyl sites for hydroxylation is 3. The summed E-state index contributed by atoms with van der Waals surface area (Å²) in [4.78, 5) is 4.49. The first-order chi connectivity index (χ1) is 12.2. The van der Waals surface area contributed by atoms with E-state index in [2.05, 4.69) is 19.9 Å². The molecule has 0 bridgehead atoms. The van der Waals surface area contributed by atoms with Gasteiger partial charge in [0.2, 0.25) is 15.9 Å². The Balaban J connectivity index is 2.09. The predicted molar refractivity (Wildman–Crippen MR) is 101 cm³/mol. The number of aromatic amines is 1. The van der Waals surface area contributed by atoms with Crippen molar-refractivity contribution < 1.29 is 13.2 Å². The predicted octanol–water partition coefficient (Wildman–Crippen LogP) is 3.56.